The molecule has 1 spiro atoms. The van der Waals surface area contributed by atoms with Gasteiger partial charge in [0.05, 0.1) is 11.2 Å². The molecule has 2 aromatic heterocycles. The molecule has 2 heteroatoms. The minimum absolute atomic E-state index is 0.0768. The summed E-state index contributed by atoms with van der Waals surface area (Å²) < 4.78 is 0. The average Bonchev–Trinajstić information content (AvgIpc) is 3.20. The number of aromatic nitrogens is 2. The second-order valence-electron chi connectivity index (χ2n) is 9.88. The molecule has 2 aromatic carbocycles. The van der Waals surface area contributed by atoms with Crippen molar-refractivity contribution in [2.75, 3.05) is 0 Å². The minimum Gasteiger partial charge on any atom is -0.256 e. The highest BCUT2D eigenvalue weighted by Gasteiger charge is 2.45. The van der Waals surface area contributed by atoms with Gasteiger partial charge in [-0.25, -0.2) is 0 Å². The molecule has 2 heterocycles. The van der Waals surface area contributed by atoms with Crippen molar-refractivity contribution in [2.24, 2.45) is 0 Å². The Morgan fingerprint density at radius 2 is 1.72 bits per heavy atom. The van der Waals surface area contributed by atoms with Crippen LogP contribution >= 0.6 is 0 Å². The molecule has 0 atom stereocenters. The summed E-state index contributed by atoms with van der Waals surface area (Å²) in [6.45, 7) is 6.96. The van der Waals surface area contributed by atoms with Crippen LogP contribution in [0.1, 0.15) is 63.1 Å². The first-order valence-electron chi connectivity index (χ1n) is 10.8. The molecule has 1 fully saturated rings. The molecule has 1 saturated carbocycles. The molecule has 0 unspecified atom stereocenters. The molecule has 0 radical (unpaired) electrons. The maximum absolute atomic E-state index is 4.89. The van der Waals surface area contributed by atoms with Crippen LogP contribution in [0.15, 0.2) is 54.9 Å². The van der Waals surface area contributed by atoms with Crippen molar-refractivity contribution in [3.63, 3.8) is 0 Å². The smallest absolute Gasteiger partial charge is 0.0802 e. The minimum atomic E-state index is 0.0768. The van der Waals surface area contributed by atoms with Gasteiger partial charge in [0.25, 0.3) is 0 Å². The van der Waals surface area contributed by atoms with Crippen LogP contribution in [-0.2, 0) is 10.8 Å². The SMILES string of the molecule is CC(C)(C)c1cc2c3c(nccc3c1)-c1cnc3ccccc3c1C21CCCC1. The Balaban J connectivity index is 1.83. The maximum Gasteiger partial charge on any atom is 0.0802 e. The zero-order chi connectivity index (χ0) is 19.8. The fraction of sp³-hybridized carbons (Fsp3) is 0.333. The third-order valence-electron chi connectivity index (χ3n) is 7.21. The summed E-state index contributed by atoms with van der Waals surface area (Å²) in [5.41, 5.74) is 8.05. The second kappa shape index (κ2) is 5.66. The van der Waals surface area contributed by atoms with E-state index in [2.05, 4.69) is 69.4 Å². The van der Waals surface area contributed by atoms with E-state index in [1.807, 2.05) is 6.20 Å². The number of nitrogens with zero attached hydrogens (tertiary/aromatic N) is 2. The number of hydrogen-bond acceptors (Lipinski definition) is 2. The van der Waals surface area contributed by atoms with Gasteiger partial charge in [-0.1, -0.05) is 63.9 Å². The van der Waals surface area contributed by atoms with Crippen LogP contribution in [0.3, 0.4) is 0 Å². The van der Waals surface area contributed by atoms with E-state index >= 15 is 0 Å². The zero-order valence-electron chi connectivity index (χ0n) is 17.4. The Kier molecular flexibility index (Phi) is 3.35. The Bertz CT molecular complexity index is 1290. The number of benzene rings is 2. The Labute approximate surface area is 172 Å². The molecule has 0 amide bonds. The predicted molar refractivity (Wildman–Crippen MR) is 120 cm³/mol. The fourth-order valence-corrected chi connectivity index (χ4v) is 5.80. The Morgan fingerprint density at radius 3 is 2.52 bits per heavy atom. The monoisotopic (exact) mass is 378 g/mol. The van der Waals surface area contributed by atoms with E-state index < -0.39 is 0 Å². The van der Waals surface area contributed by atoms with Gasteiger partial charge in [-0.15, -0.1) is 0 Å². The predicted octanol–water partition coefficient (Wildman–Crippen LogP) is 6.92. The molecule has 144 valence electrons. The first-order valence-corrected chi connectivity index (χ1v) is 10.8. The van der Waals surface area contributed by atoms with Crippen LogP contribution in [0.5, 0.6) is 0 Å². The molecule has 2 aliphatic carbocycles. The molecule has 0 saturated heterocycles. The third-order valence-corrected chi connectivity index (χ3v) is 7.21. The van der Waals surface area contributed by atoms with Crippen molar-refractivity contribution < 1.29 is 0 Å². The van der Waals surface area contributed by atoms with Crippen molar-refractivity contribution in [3.05, 3.63) is 71.5 Å². The molecular weight excluding hydrogens is 352 g/mol. The van der Waals surface area contributed by atoms with Crippen LogP contribution in [0.2, 0.25) is 0 Å². The van der Waals surface area contributed by atoms with Gasteiger partial charge in [0.1, 0.15) is 0 Å². The summed E-state index contributed by atoms with van der Waals surface area (Å²) in [6, 6.07) is 15.7. The summed E-state index contributed by atoms with van der Waals surface area (Å²) in [5, 5.41) is 3.98. The fourth-order valence-electron chi connectivity index (χ4n) is 5.80. The topological polar surface area (TPSA) is 25.8 Å². The van der Waals surface area contributed by atoms with Gasteiger partial charge in [-0.05, 0) is 52.5 Å². The lowest BCUT2D eigenvalue weighted by atomic mass is 9.64. The second-order valence-corrected chi connectivity index (χ2v) is 9.88. The van der Waals surface area contributed by atoms with Crippen LogP contribution in [0.25, 0.3) is 32.9 Å². The number of rotatable bonds is 0. The summed E-state index contributed by atoms with van der Waals surface area (Å²) >= 11 is 0. The highest BCUT2D eigenvalue weighted by atomic mass is 14.7. The van der Waals surface area contributed by atoms with Gasteiger partial charge in [0, 0.05) is 34.1 Å². The average molecular weight is 379 g/mol. The number of fused-ring (bicyclic) bond motifs is 6. The summed E-state index contributed by atoms with van der Waals surface area (Å²) in [6.07, 6.45) is 9.05. The zero-order valence-corrected chi connectivity index (χ0v) is 17.4. The highest BCUT2D eigenvalue weighted by molar-refractivity contribution is 6.05. The third kappa shape index (κ3) is 2.23. The van der Waals surface area contributed by atoms with Gasteiger partial charge in [-0.2, -0.15) is 0 Å². The van der Waals surface area contributed by atoms with Crippen molar-refractivity contribution in [3.8, 4) is 11.3 Å². The Hall–Kier alpha value is -2.74. The van der Waals surface area contributed by atoms with Crippen molar-refractivity contribution >= 4 is 21.7 Å². The number of hydrogen-bond donors (Lipinski definition) is 0. The summed E-state index contributed by atoms with van der Waals surface area (Å²) in [5.74, 6) is 0. The van der Waals surface area contributed by atoms with E-state index in [0.29, 0.717) is 0 Å². The van der Waals surface area contributed by atoms with Gasteiger partial charge in [0.15, 0.2) is 0 Å². The van der Waals surface area contributed by atoms with E-state index in [1.165, 1.54) is 64.1 Å². The lowest BCUT2D eigenvalue weighted by molar-refractivity contribution is 0.536. The summed E-state index contributed by atoms with van der Waals surface area (Å²) in [7, 11) is 0. The molecule has 2 aliphatic rings. The van der Waals surface area contributed by atoms with Crippen LogP contribution < -0.4 is 0 Å². The van der Waals surface area contributed by atoms with E-state index in [9.17, 15) is 0 Å². The van der Waals surface area contributed by atoms with Gasteiger partial charge in [0.2, 0.25) is 0 Å². The van der Waals surface area contributed by atoms with E-state index in [1.54, 1.807) is 0 Å². The highest BCUT2D eigenvalue weighted by Crippen LogP contribution is 2.57. The van der Waals surface area contributed by atoms with Gasteiger partial charge < -0.3 is 0 Å². The summed E-state index contributed by atoms with van der Waals surface area (Å²) in [4.78, 5) is 9.72. The molecule has 6 rings (SSSR count). The van der Waals surface area contributed by atoms with E-state index in [0.717, 1.165) is 11.2 Å². The lowest BCUT2D eigenvalue weighted by Crippen LogP contribution is -2.29. The van der Waals surface area contributed by atoms with Crippen molar-refractivity contribution in [1.82, 2.24) is 9.97 Å². The molecule has 2 nitrogen and oxygen atoms in total. The normalized spacial score (nSPS) is 17.2. The molecule has 0 bridgehead atoms. The molecular formula is C27H26N2. The quantitative estimate of drug-likeness (QED) is 0.332. The number of para-hydroxylation sites is 1. The van der Waals surface area contributed by atoms with Crippen molar-refractivity contribution in [1.29, 1.82) is 0 Å². The maximum atomic E-state index is 4.89. The molecule has 4 aromatic rings. The van der Waals surface area contributed by atoms with Crippen LogP contribution in [0, 0.1) is 0 Å². The standard InChI is InChI=1S/C27H26N2/c1-26(2,3)18-14-17-10-13-28-25-20-16-29-22-9-5-4-8-19(22)24(20)27(11-6-7-12-27)21(15-18)23(17)25/h4-5,8-10,13-16H,6-7,11-12H2,1-3H3. The first kappa shape index (κ1) is 17.1. The molecule has 0 aliphatic heterocycles. The first-order chi connectivity index (χ1) is 14.0. The van der Waals surface area contributed by atoms with Crippen LogP contribution in [-0.4, -0.2) is 9.97 Å². The lowest BCUT2D eigenvalue weighted by Gasteiger charge is -2.39. The van der Waals surface area contributed by atoms with E-state index in [4.69, 9.17) is 9.97 Å². The van der Waals surface area contributed by atoms with Gasteiger partial charge >= 0.3 is 0 Å². The van der Waals surface area contributed by atoms with Crippen molar-refractivity contribution in [2.45, 2.75) is 57.3 Å². The molecule has 29 heavy (non-hydrogen) atoms. The van der Waals surface area contributed by atoms with Gasteiger partial charge in [-0.3, -0.25) is 9.97 Å². The largest absolute Gasteiger partial charge is 0.256 e. The van der Waals surface area contributed by atoms with Crippen LogP contribution in [0.4, 0.5) is 0 Å². The van der Waals surface area contributed by atoms with E-state index in [-0.39, 0.29) is 10.8 Å². The molecule has 0 N–H and O–H groups in total. The number of pyridine rings is 2. The Morgan fingerprint density at radius 1 is 0.931 bits per heavy atom.